The van der Waals surface area contributed by atoms with Crippen LogP contribution in [0.2, 0.25) is 0 Å². The van der Waals surface area contributed by atoms with E-state index >= 15 is 0 Å². The molecule has 0 aliphatic carbocycles. The molecule has 0 unspecified atom stereocenters. The summed E-state index contributed by atoms with van der Waals surface area (Å²) < 4.78 is 10.3. The van der Waals surface area contributed by atoms with E-state index in [9.17, 15) is 9.59 Å². The highest BCUT2D eigenvalue weighted by Gasteiger charge is 2.17. The van der Waals surface area contributed by atoms with Gasteiger partial charge >= 0.3 is 11.9 Å². The van der Waals surface area contributed by atoms with Crippen molar-refractivity contribution < 1.29 is 19.1 Å². The molecule has 0 fully saturated rings. The van der Waals surface area contributed by atoms with Crippen LogP contribution in [0.5, 0.6) is 0 Å². The molecule has 4 bridgehead atoms. The normalized spacial score (nSPS) is 15.8. The lowest BCUT2D eigenvalue weighted by molar-refractivity contribution is 0.0400. The van der Waals surface area contributed by atoms with Crippen LogP contribution in [0, 0.1) is 0 Å². The van der Waals surface area contributed by atoms with Gasteiger partial charge < -0.3 is 9.47 Å². The quantitative estimate of drug-likeness (QED) is 0.680. The second-order valence-electron chi connectivity index (χ2n) is 4.33. The minimum Gasteiger partial charge on any atom is -0.462 e. The highest BCUT2D eigenvalue weighted by atomic mass is 16.5. The number of cyclic esters (lactones) is 2. The number of ether oxygens (including phenoxy) is 2. The molecule has 0 radical (unpaired) electrons. The molecule has 0 amide bonds. The van der Waals surface area contributed by atoms with Gasteiger partial charge in [0.1, 0.15) is 0 Å². The fourth-order valence-electron chi connectivity index (χ4n) is 2.21. The second-order valence-corrected chi connectivity index (χ2v) is 4.33. The van der Waals surface area contributed by atoms with Crippen molar-refractivity contribution in [2.45, 2.75) is 6.42 Å². The first-order valence-electron chi connectivity index (χ1n) is 6.13. The Hall–Kier alpha value is -2.36. The highest BCUT2D eigenvalue weighted by molar-refractivity contribution is 6.11. The number of rotatable bonds is 0. The van der Waals surface area contributed by atoms with E-state index in [4.69, 9.17) is 9.47 Å². The molecule has 0 N–H and O–H groups in total. The SMILES string of the molecule is O=C1OCCCOC(=O)c2cccc3c1cccc23. The van der Waals surface area contributed by atoms with Gasteiger partial charge in [0, 0.05) is 6.42 Å². The Kier molecular flexibility index (Phi) is 2.91. The van der Waals surface area contributed by atoms with Gasteiger partial charge in [0.05, 0.1) is 24.3 Å². The maximum atomic E-state index is 12.0. The lowest BCUT2D eigenvalue weighted by Gasteiger charge is -2.07. The van der Waals surface area contributed by atoms with Crippen LogP contribution in [0.15, 0.2) is 36.4 Å². The van der Waals surface area contributed by atoms with Crippen LogP contribution < -0.4 is 0 Å². The number of esters is 2. The van der Waals surface area contributed by atoms with Gasteiger partial charge in [0.15, 0.2) is 0 Å². The first-order chi connectivity index (χ1) is 9.27. The second kappa shape index (κ2) is 4.72. The summed E-state index contributed by atoms with van der Waals surface area (Å²) in [5.74, 6) is -0.728. The maximum absolute atomic E-state index is 12.0. The Labute approximate surface area is 109 Å². The summed E-state index contributed by atoms with van der Waals surface area (Å²) in [6.07, 6.45) is 0.504. The monoisotopic (exact) mass is 256 g/mol. The smallest absolute Gasteiger partial charge is 0.338 e. The van der Waals surface area contributed by atoms with Gasteiger partial charge in [-0.05, 0) is 22.9 Å². The summed E-state index contributed by atoms with van der Waals surface area (Å²) in [7, 11) is 0. The molecule has 3 rings (SSSR count). The third-order valence-corrected chi connectivity index (χ3v) is 3.12. The molecule has 2 aromatic rings. The van der Waals surface area contributed by atoms with E-state index in [1.807, 2.05) is 0 Å². The summed E-state index contributed by atoms with van der Waals surface area (Å²) in [4.78, 5) is 24.0. The van der Waals surface area contributed by atoms with Crippen LogP contribution in [0.3, 0.4) is 0 Å². The van der Waals surface area contributed by atoms with Gasteiger partial charge in [0.25, 0.3) is 0 Å². The van der Waals surface area contributed by atoms with Crippen molar-refractivity contribution >= 4 is 22.7 Å². The molecule has 0 spiro atoms. The summed E-state index contributed by atoms with van der Waals surface area (Å²) in [5.41, 5.74) is 0.961. The average Bonchev–Trinajstić information content (AvgIpc) is 2.45. The molecule has 1 aliphatic heterocycles. The maximum Gasteiger partial charge on any atom is 0.338 e. The first-order valence-corrected chi connectivity index (χ1v) is 6.13. The van der Waals surface area contributed by atoms with Gasteiger partial charge in [-0.1, -0.05) is 24.3 Å². The predicted molar refractivity (Wildman–Crippen MR) is 69.1 cm³/mol. The topological polar surface area (TPSA) is 52.6 Å². The molecular formula is C15H12O4. The van der Waals surface area contributed by atoms with Gasteiger partial charge in [-0.2, -0.15) is 0 Å². The summed E-state index contributed by atoms with van der Waals surface area (Å²) in [6, 6.07) is 10.5. The Balaban J connectivity index is 2.27. The van der Waals surface area contributed by atoms with Crippen molar-refractivity contribution in [3.05, 3.63) is 47.5 Å². The average molecular weight is 256 g/mol. The summed E-state index contributed by atoms with van der Waals surface area (Å²) in [6.45, 7) is 0.497. The molecule has 96 valence electrons. The van der Waals surface area contributed by atoms with Crippen molar-refractivity contribution in [3.63, 3.8) is 0 Å². The van der Waals surface area contributed by atoms with Gasteiger partial charge in [-0.3, -0.25) is 0 Å². The Bertz CT molecular complexity index is 603. The van der Waals surface area contributed by atoms with Crippen molar-refractivity contribution in [1.82, 2.24) is 0 Å². The molecule has 0 saturated carbocycles. The standard InChI is InChI=1S/C15H12O4/c16-14-12-6-1-4-10-11(12)5-2-7-13(10)15(17)19-9-3-8-18-14/h1-2,4-7H,3,8-9H2. The van der Waals surface area contributed by atoms with Crippen molar-refractivity contribution in [2.24, 2.45) is 0 Å². The highest BCUT2D eigenvalue weighted by Crippen LogP contribution is 2.24. The van der Waals surface area contributed by atoms with Gasteiger partial charge in [-0.15, -0.1) is 0 Å². The fourth-order valence-corrected chi connectivity index (χ4v) is 2.21. The van der Waals surface area contributed by atoms with E-state index in [0.29, 0.717) is 28.3 Å². The molecule has 4 nitrogen and oxygen atoms in total. The fraction of sp³-hybridized carbons (Fsp3) is 0.200. The van der Waals surface area contributed by atoms with Crippen LogP contribution in [0.1, 0.15) is 27.1 Å². The van der Waals surface area contributed by atoms with Crippen LogP contribution in [0.25, 0.3) is 10.8 Å². The van der Waals surface area contributed by atoms with E-state index in [1.54, 1.807) is 36.4 Å². The summed E-state index contributed by atoms with van der Waals surface area (Å²) in [5, 5.41) is 1.42. The lowest BCUT2D eigenvalue weighted by Crippen LogP contribution is -2.09. The van der Waals surface area contributed by atoms with Crippen LogP contribution in [-0.2, 0) is 9.47 Å². The Morgan fingerprint density at radius 1 is 0.737 bits per heavy atom. The van der Waals surface area contributed by atoms with E-state index in [1.165, 1.54) is 0 Å². The van der Waals surface area contributed by atoms with E-state index in [-0.39, 0.29) is 25.2 Å². The first kappa shape index (κ1) is 11.7. The summed E-state index contributed by atoms with van der Waals surface area (Å²) >= 11 is 0. The minimum atomic E-state index is -0.364. The zero-order chi connectivity index (χ0) is 13.2. The lowest BCUT2D eigenvalue weighted by atomic mass is 10.00. The molecule has 19 heavy (non-hydrogen) atoms. The number of hydrogen-bond donors (Lipinski definition) is 0. The van der Waals surface area contributed by atoms with Crippen LogP contribution >= 0.6 is 0 Å². The third kappa shape index (κ3) is 2.05. The predicted octanol–water partition coefficient (Wildman–Crippen LogP) is 2.56. The molecule has 0 saturated heterocycles. The Morgan fingerprint density at radius 2 is 1.21 bits per heavy atom. The van der Waals surface area contributed by atoms with E-state index in [0.717, 1.165) is 0 Å². The Morgan fingerprint density at radius 3 is 1.68 bits per heavy atom. The van der Waals surface area contributed by atoms with Crippen LogP contribution in [-0.4, -0.2) is 25.2 Å². The molecule has 2 aromatic carbocycles. The number of hydrogen-bond acceptors (Lipinski definition) is 4. The minimum absolute atomic E-state index is 0.249. The van der Waals surface area contributed by atoms with Crippen molar-refractivity contribution in [1.29, 1.82) is 0 Å². The van der Waals surface area contributed by atoms with Crippen LogP contribution in [0.4, 0.5) is 0 Å². The van der Waals surface area contributed by atoms with Gasteiger partial charge in [-0.25, -0.2) is 9.59 Å². The molecular weight excluding hydrogens is 244 g/mol. The zero-order valence-corrected chi connectivity index (χ0v) is 10.2. The molecule has 0 atom stereocenters. The molecule has 0 aromatic heterocycles. The van der Waals surface area contributed by atoms with E-state index < -0.39 is 0 Å². The van der Waals surface area contributed by atoms with E-state index in [2.05, 4.69) is 0 Å². The molecule has 4 heteroatoms. The molecule has 1 aliphatic rings. The largest absolute Gasteiger partial charge is 0.462 e. The van der Waals surface area contributed by atoms with Crippen molar-refractivity contribution in [2.75, 3.05) is 13.2 Å². The number of carbonyl (C=O) groups excluding carboxylic acids is 2. The van der Waals surface area contributed by atoms with Gasteiger partial charge in [0.2, 0.25) is 0 Å². The number of benzene rings is 2. The molecule has 1 heterocycles. The van der Waals surface area contributed by atoms with Crippen molar-refractivity contribution in [3.8, 4) is 0 Å². The number of carbonyl (C=O) groups is 2. The zero-order valence-electron chi connectivity index (χ0n) is 10.2. The third-order valence-electron chi connectivity index (χ3n) is 3.12.